The number of rotatable bonds is 8. The van der Waals surface area contributed by atoms with Crippen molar-refractivity contribution < 1.29 is 38.7 Å². The highest BCUT2D eigenvalue weighted by molar-refractivity contribution is 7.19. The van der Waals surface area contributed by atoms with Gasteiger partial charge in [0.25, 0.3) is 0 Å². The van der Waals surface area contributed by atoms with Crippen LogP contribution in [0.5, 0.6) is 0 Å². The third kappa shape index (κ3) is 5.93. The Balaban J connectivity index is 1.31. The lowest BCUT2D eigenvalue weighted by Gasteiger charge is -2.34. The molecular formula is C60H41NOSi. The number of hydrogen-bond acceptors (Lipinski definition) is 1. The van der Waals surface area contributed by atoms with Gasteiger partial charge in [-0.3, -0.25) is 0 Å². The Hall–Kier alpha value is -7.98. The molecule has 12 aromatic rings. The molecule has 0 spiro atoms. The fraction of sp³-hybridized carbons (Fsp3) is 0. The van der Waals surface area contributed by atoms with E-state index in [1.54, 1.807) is 78.9 Å². The average Bonchev–Trinajstić information content (AvgIpc) is 1.25. The molecule has 2 nitrogen and oxygen atoms in total. The molecule has 0 aliphatic carbocycles. The first-order valence-electron chi connectivity index (χ1n) is 32.1. The number of fused-ring (bicyclic) bond motifs is 7. The van der Waals surface area contributed by atoms with Crippen LogP contribution >= 0.6 is 0 Å². The summed E-state index contributed by atoms with van der Waals surface area (Å²) in [7, 11) is -5.61. The van der Waals surface area contributed by atoms with Crippen LogP contribution in [0.25, 0.3) is 82.8 Å². The van der Waals surface area contributed by atoms with Crippen molar-refractivity contribution in [2.45, 2.75) is 0 Å². The smallest absolute Gasteiger partial charge is 0.179 e. The largest absolute Gasteiger partial charge is 0.456 e. The third-order valence-corrected chi connectivity index (χ3v) is 15.4. The molecule has 0 aliphatic rings. The van der Waals surface area contributed by atoms with Crippen LogP contribution in [0.1, 0.15) is 34.3 Å². The number of furan rings is 1. The van der Waals surface area contributed by atoms with Gasteiger partial charge in [-0.25, -0.2) is 0 Å². The van der Waals surface area contributed by atoms with E-state index in [0.717, 1.165) is 0 Å². The van der Waals surface area contributed by atoms with Gasteiger partial charge < -0.3 is 8.98 Å². The minimum Gasteiger partial charge on any atom is -0.456 e. The van der Waals surface area contributed by atoms with Crippen LogP contribution in [0.4, 0.5) is 0 Å². The number of hydrogen-bond donors (Lipinski definition) is 0. The molecular weight excluding hydrogens is 779 g/mol. The van der Waals surface area contributed by atoms with Crippen molar-refractivity contribution in [3.63, 3.8) is 0 Å². The maximum atomic E-state index is 9.90. The van der Waals surface area contributed by atoms with Crippen LogP contribution in [0.2, 0.25) is 0 Å². The lowest BCUT2D eigenvalue weighted by atomic mass is 9.90. The number of para-hydroxylation sites is 2. The third-order valence-electron chi connectivity index (χ3n) is 11.2. The maximum Gasteiger partial charge on any atom is 0.179 e. The minimum atomic E-state index is -5.61. The van der Waals surface area contributed by atoms with Crippen LogP contribution in [0.3, 0.4) is 0 Å². The van der Waals surface area contributed by atoms with E-state index >= 15 is 0 Å². The Morgan fingerprint density at radius 1 is 0.365 bits per heavy atom. The lowest BCUT2D eigenvalue weighted by Crippen LogP contribution is -2.74. The van der Waals surface area contributed by atoms with Crippen LogP contribution in [0, 0.1) is 0 Å². The molecule has 0 N–H and O–H groups in total. The first-order chi connectivity index (χ1) is 41.6. The van der Waals surface area contributed by atoms with Crippen LogP contribution < -0.4 is 20.7 Å². The molecule has 0 radical (unpaired) electrons. The summed E-state index contributed by atoms with van der Waals surface area (Å²) in [4.78, 5) is 0. The summed E-state index contributed by atoms with van der Waals surface area (Å²) in [6.45, 7) is 0. The zero-order valence-electron chi connectivity index (χ0n) is 57.6. The normalized spacial score (nSPS) is 17.4. The molecule has 0 bridgehead atoms. The van der Waals surface area contributed by atoms with Crippen molar-refractivity contribution in [1.29, 1.82) is 0 Å². The van der Waals surface area contributed by atoms with E-state index in [4.69, 9.17) is 23.6 Å². The van der Waals surface area contributed by atoms with Crippen molar-refractivity contribution in [1.82, 2.24) is 4.57 Å². The zero-order valence-corrected chi connectivity index (χ0v) is 33.6. The van der Waals surface area contributed by atoms with Crippen molar-refractivity contribution in [2.24, 2.45) is 0 Å². The van der Waals surface area contributed by atoms with E-state index in [9.17, 15) is 15.1 Å². The molecule has 10 aromatic carbocycles. The van der Waals surface area contributed by atoms with Gasteiger partial charge in [0, 0.05) is 32.7 Å². The number of benzene rings is 10. The summed E-state index contributed by atoms with van der Waals surface area (Å²) < 4.78 is 238. The van der Waals surface area contributed by atoms with Crippen molar-refractivity contribution in [3.05, 3.63) is 248 Å². The molecule has 2 aromatic heterocycles. The molecule has 3 heteroatoms. The maximum absolute atomic E-state index is 9.90. The molecule has 0 atom stereocenters. The van der Waals surface area contributed by atoms with Gasteiger partial charge in [0.05, 0.1) is 51.0 Å². The van der Waals surface area contributed by atoms with E-state index in [1.165, 1.54) is 22.8 Å². The van der Waals surface area contributed by atoms with Gasteiger partial charge in [-0.1, -0.05) is 212 Å². The van der Waals surface area contributed by atoms with Gasteiger partial charge in [-0.15, -0.1) is 0 Å². The van der Waals surface area contributed by atoms with Crippen molar-refractivity contribution >= 4 is 72.6 Å². The fourth-order valence-corrected chi connectivity index (χ4v) is 12.4. The van der Waals surface area contributed by atoms with Crippen LogP contribution in [0.15, 0.2) is 253 Å². The molecule has 12 rings (SSSR count). The Morgan fingerprint density at radius 3 is 1.49 bits per heavy atom. The quantitative estimate of drug-likeness (QED) is 0.110. The predicted molar refractivity (Wildman–Crippen MR) is 268 cm³/mol. The summed E-state index contributed by atoms with van der Waals surface area (Å²) in [5.74, 6) is 0. The molecule has 0 saturated carbocycles. The molecule has 0 fully saturated rings. The highest BCUT2D eigenvalue weighted by Crippen LogP contribution is 2.46. The molecule has 296 valence electrons. The number of nitrogens with zero attached hydrogens (tertiary/aromatic N) is 1. The predicted octanol–water partition coefficient (Wildman–Crippen LogP) is 13.1. The van der Waals surface area contributed by atoms with Gasteiger partial charge >= 0.3 is 0 Å². The second-order valence-electron chi connectivity index (χ2n) is 14.5. The van der Waals surface area contributed by atoms with E-state index in [0.29, 0.717) is 11.1 Å². The second-order valence-corrected chi connectivity index (χ2v) is 18.1. The van der Waals surface area contributed by atoms with Gasteiger partial charge in [0.2, 0.25) is 0 Å². The molecule has 63 heavy (non-hydrogen) atoms. The van der Waals surface area contributed by atoms with Gasteiger partial charge in [-0.05, 0) is 79.3 Å². The molecule has 0 unspecified atom stereocenters. The minimum absolute atomic E-state index is 0.0918. The van der Waals surface area contributed by atoms with E-state index in [1.807, 2.05) is 0 Å². The summed E-state index contributed by atoms with van der Waals surface area (Å²) in [6, 6.07) is 6.43. The van der Waals surface area contributed by atoms with Crippen molar-refractivity contribution in [2.75, 3.05) is 0 Å². The zero-order chi connectivity index (χ0) is 63.5. The summed E-state index contributed by atoms with van der Waals surface area (Å²) in [5, 5.41) is -2.83. The van der Waals surface area contributed by atoms with Gasteiger partial charge in [0.15, 0.2) is 8.07 Å². The van der Waals surface area contributed by atoms with E-state index in [2.05, 4.69) is 0 Å². The van der Waals surface area contributed by atoms with Gasteiger partial charge in [-0.2, -0.15) is 0 Å². The first kappa shape index (κ1) is 19.4. The second kappa shape index (κ2) is 15.2. The summed E-state index contributed by atoms with van der Waals surface area (Å²) in [5.41, 5.74) is 1.02. The lowest BCUT2D eigenvalue weighted by molar-refractivity contribution is 0.669. The Morgan fingerprint density at radius 2 is 0.889 bits per heavy atom. The molecule has 0 saturated heterocycles. The fourth-order valence-electron chi connectivity index (χ4n) is 8.61. The van der Waals surface area contributed by atoms with Crippen LogP contribution in [-0.2, 0) is 0 Å². The Labute approximate surface area is 402 Å². The Kier molecular flexibility index (Phi) is 4.67. The van der Waals surface area contributed by atoms with Crippen molar-refractivity contribution in [3.8, 4) is 39.1 Å². The van der Waals surface area contributed by atoms with Gasteiger partial charge in [0.1, 0.15) is 11.2 Å². The standard InChI is InChI=1S/C60H41NOSi/c1-6-21-42(22-7-1)52-40-45(44-25-20-32-49(39-44)63(46-26-10-3-11-27-46,47-28-12-4-13-29-47)48-30-14-5-15-31-48)41-53(43-23-8-2-9-24-43)60(52)61-54-35-18-16-33-50(54)58-55(61)37-38-57-59(58)51-34-17-19-36-56(51)62-57/h1-41H/i3D,4D,5D,10D,11D,12D,13D,14D,15D,16D,17D,18D,19D,26D,27D,28D,29D,30D,31D,33D,34D,35D,36D,37D,38D. The molecule has 0 aliphatic heterocycles. The van der Waals surface area contributed by atoms with E-state index < -0.39 is 175 Å². The average molecular weight is 845 g/mol. The monoisotopic (exact) mass is 844 g/mol. The topological polar surface area (TPSA) is 18.1 Å². The highest BCUT2D eigenvalue weighted by Gasteiger charge is 2.41. The Bertz CT molecular complexity index is 4790. The molecule has 0 amide bonds. The number of aromatic nitrogens is 1. The highest BCUT2D eigenvalue weighted by atomic mass is 28.3. The SMILES string of the molecule is [2H]c1c([2H])c([2H])c([Si](c2cccc(-c3cc(-c4ccccc4)c(-n4c5c([2H])c([2H])c([2H])c([2H])c5c5c6c(oc7c([2H])c([2H])c([2H])c([2H])c76)c([2H])c([2H])c54)c(-c4ccccc4)c3)c2)(c2c([2H])c([2H])c([2H])c([2H])c2[2H])c2c([2H])c([2H])c([2H])c([2H])c2[2H])c([2H])c1[2H]. The molecule has 2 heterocycles. The summed E-state index contributed by atoms with van der Waals surface area (Å²) >= 11 is 0. The van der Waals surface area contributed by atoms with Crippen LogP contribution in [-0.4, -0.2) is 12.6 Å². The summed E-state index contributed by atoms with van der Waals surface area (Å²) in [6.07, 6.45) is 0. The first-order valence-corrected chi connectivity index (χ1v) is 21.6. The van der Waals surface area contributed by atoms with E-state index in [-0.39, 0.29) is 76.9 Å².